The molecule has 0 aliphatic rings. The molecule has 0 aromatic heterocycles. The minimum atomic E-state index is 0.336. The topological polar surface area (TPSA) is 12.0 Å². The molecular formula is C21H19I2N. The predicted octanol–water partition coefficient (Wildman–Crippen LogP) is 6.41. The fourth-order valence-corrected chi connectivity index (χ4v) is 4.75. The first-order valence-electron chi connectivity index (χ1n) is 7.96. The molecule has 0 saturated carbocycles. The van der Waals surface area contributed by atoms with Gasteiger partial charge in [-0.25, -0.2) is 0 Å². The molecule has 1 unspecified atom stereocenters. The lowest BCUT2D eigenvalue weighted by Crippen LogP contribution is -2.19. The maximum atomic E-state index is 3.63. The van der Waals surface area contributed by atoms with Gasteiger partial charge in [0.25, 0.3) is 0 Å². The Hall–Kier alpha value is -0.920. The molecule has 24 heavy (non-hydrogen) atoms. The highest BCUT2D eigenvalue weighted by Crippen LogP contribution is 2.23. The van der Waals surface area contributed by atoms with Crippen LogP contribution in [-0.2, 0) is 6.54 Å². The van der Waals surface area contributed by atoms with Crippen molar-refractivity contribution >= 4 is 45.2 Å². The fraction of sp³-hybridized carbons (Fsp3) is 0.143. The molecule has 0 amide bonds. The first-order chi connectivity index (χ1) is 11.6. The average Bonchev–Trinajstić information content (AvgIpc) is 2.61. The van der Waals surface area contributed by atoms with Crippen molar-refractivity contribution in [1.29, 1.82) is 0 Å². The Morgan fingerprint density at radius 1 is 0.833 bits per heavy atom. The van der Waals surface area contributed by atoms with Crippen LogP contribution in [0.3, 0.4) is 0 Å². The van der Waals surface area contributed by atoms with Gasteiger partial charge in [-0.1, -0.05) is 60.7 Å². The molecule has 3 heteroatoms. The Labute approximate surface area is 171 Å². The second-order valence-electron chi connectivity index (χ2n) is 5.83. The third-order valence-corrected chi connectivity index (χ3v) is 5.71. The van der Waals surface area contributed by atoms with E-state index in [0.717, 1.165) is 6.54 Å². The molecule has 3 aromatic rings. The number of nitrogens with one attached hydrogen (secondary N) is 1. The average molecular weight is 539 g/mol. The molecule has 1 N–H and O–H groups in total. The summed E-state index contributed by atoms with van der Waals surface area (Å²) in [7, 11) is 0. The molecule has 3 aromatic carbocycles. The Balaban J connectivity index is 1.64. The van der Waals surface area contributed by atoms with E-state index < -0.39 is 0 Å². The zero-order chi connectivity index (χ0) is 16.9. The summed E-state index contributed by atoms with van der Waals surface area (Å²) >= 11 is 4.78. The lowest BCUT2D eigenvalue weighted by Gasteiger charge is -2.16. The second kappa shape index (κ2) is 8.45. The van der Waals surface area contributed by atoms with Crippen molar-refractivity contribution in [1.82, 2.24) is 5.32 Å². The largest absolute Gasteiger partial charge is 0.306 e. The Bertz CT molecular complexity index is 798. The number of hydrogen-bond acceptors (Lipinski definition) is 1. The summed E-state index contributed by atoms with van der Waals surface area (Å²) in [6.07, 6.45) is 0. The van der Waals surface area contributed by atoms with Gasteiger partial charge in [0, 0.05) is 19.7 Å². The lowest BCUT2D eigenvalue weighted by molar-refractivity contribution is 0.572. The van der Waals surface area contributed by atoms with E-state index in [9.17, 15) is 0 Å². The first-order valence-corrected chi connectivity index (χ1v) is 10.1. The van der Waals surface area contributed by atoms with Gasteiger partial charge in [0.1, 0.15) is 0 Å². The monoisotopic (exact) mass is 539 g/mol. The quantitative estimate of drug-likeness (QED) is 0.370. The summed E-state index contributed by atoms with van der Waals surface area (Å²) in [4.78, 5) is 0. The van der Waals surface area contributed by atoms with Crippen molar-refractivity contribution in [3.05, 3.63) is 91.1 Å². The van der Waals surface area contributed by atoms with Gasteiger partial charge in [0.05, 0.1) is 0 Å². The summed E-state index contributed by atoms with van der Waals surface area (Å²) < 4.78 is 2.60. The van der Waals surface area contributed by atoms with Crippen molar-refractivity contribution in [3.8, 4) is 11.1 Å². The molecule has 122 valence electrons. The van der Waals surface area contributed by atoms with Crippen LogP contribution in [0.1, 0.15) is 24.1 Å². The van der Waals surface area contributed by atoms with Crippen LogP contribution in [0.2, 0.25) is 0 Å². The minimum absolute atomic E-state index is 0.336. The van der Waals surface area contributed by atoms with E-state index in [2.05, 4.69) is 130 Å². The molecule has 0 aliphatic carbocycles. The van der Waals surface area contributed by atoms with Crippen molar-refractivity contribution in [2.45, 2.75) is 19.5 Å². The van der Waals surface area contributed by atoms with E-state index in [1.807, 2.05) is 0 Å². The van der Waals surface area contributed by atoms with Crippen LogP contribution in [0, 0.1) is 7.14 Å². The van der Waals surface area contributed by atoms with Crippen LogP contribution in [0.4, 0.5) is 0 Å². The van der Waals surface area contributed by atoms with Gasteiger partial charge in [-0.05, 0) is 86.5 Å². The van der Waals surface area contributed by atoms with Crippen molar-refractivity contribution in [3.63, 3.8) is 0 Å². The Morgan fingerprint density at radius 2 is 1.50 bits per heavy atom. The van der Waals surface area contributed by atoms with E-state index in [1.165, 1.54) is 29.4 Å². The van der Waals surface area contributed by atoms with Gasteiger partial charge in [-0.2, -0.15) is 0 Å². The van der Waals surface area contributed by atoms with Crippen LogP contribution >= 0.6 is 45.2 Å². The first kappa shape index (κ1) is 17.9. The van der Waals surface area contributed by atoms with Gasteiger partial charge in [0.15, 0.2) is 0 Å². The summed E-state index contributed by atoms with van der Waals surface area (Å²) in [5.41, 5.74) is 5.19. The van der Waals surface area contributed by atoms with E-state index in [1.54, 1.807) is 0 Å². The van der Waals surface area contributed by atoms with E-state index in [4.69, 9.17) is 0 Å². The number of halogens is 2. The molecule has 0 radical (unpaired) electrons. The molecule has 0 saturated heterocycles. The van der Waals surface area contributed by atoms with Crippen LogP contribution in [0.5, 0.6) is 0 Å². The van der Waals surface area contributed by atoms with Crippen molar-refractivity contribution in [2.75, 3.05) is 0 Å². The molecule has 1 atom stereocenters. The van der Waals surface area contributed by atoms with Crippen LogP contribution in [0.25, 0.3) is 11.1 Å². The van der Waals surface area contributed by atoms with Crippen LogP contribution in [-0.4, -0.2) is 0 Å². The Morgan fingerprint density at radius 3 is 2.17 bits per heavy atom. The van der Waals surface area contributed by atoms with Crippen LogP contribution in [0.15, 0.2) is 72.8 Å². The maximum absolute atomic E-state index is 3.63. The van der Waals surface area contributed by atoms with Gasteiger partial charge >= 0.3 is 0 Å². The predicted molar refractivity (Wildman–Crippen MR) is 119 cm³/mol. The smallest absolute Gasteiger partial charge is 0.0305 e. The van der Waals surface area contributed by atoms with E-state index in [0.29, 0.717) is 6.04 Å². The summed E-state index contributed by atoms with van der Waals surface area (Å²) in [6.45, 7) is 3.10. The van der Waals surface area contributed by atoms with Crippen molar-refractivity contribution in [2.24, 2.45) is 0 Å². The summed E-state index contributed by atoms with van der Waals surface area (Å²) in [5, 5.41) is 3.63. The highest BCUT2D eigenvalue weighted by molar-refractivity contribution is 14.1. The van der Waals surface area contributed by atoms with E-state index in [-0.39, 0.29) is 0 Å². The number of benzene rings is 3. The number of rotatable bonds is 5. The van der Waals surface area contributed by atoms with Gasteiger partial charge in [-0.3, -0.25) is 0 Å². The van der Waals surface area contributed by atoms with Gasteiger partial charge in [0.2, 0.25) is 0 Å². The third-order valence-electron chi connectivity index (χ3n) is 4.10. The molecule has 0 spiro atoms. The molecule has 0 fully saturated rings. The normalized spacial score (nSPS) is 12.1. The molecule has 0 heterocycles. The molecule has 0 aliphatic heterocycles. The Kier molecular flexibility index (Phi) is 6.30. The molecular weight excluding hydrogens is 520 g/mol. The molecule has 3 rings (SSSR count). The van der Waals surface area contributed by atoms with Gasteiger partial charge in [-0.15, -0.1) is 0 Å². The highest BCUT2D eigenvalue weighted by atomic mass is 127. The standard InChI is InChI=1S/C21H19I2N/c1-15(20-12-11-19(22)13-21(20)23)24-14-16-7-9-18(10-8-16)17-5-3-2-4-6-17/h2-13,15,24H,14H2,1H3. The van der Waals surface area contributed by atoms with E-state index >= 15 is 0 Å². The summed E-state index contributed by atoms with van der Waals surface area (Å²) in [6, 6.07) is 26.3. The summed E-state index contributed by atoms with van der Waals surface area (Å²) in [5.74, 6) is 0. The third kappa shape index (κ3) is 4.58. The van der Waals surface area contributed by atoms with Gasteiger partial charge < -0.3 is 5.32 Å². The SMILES string of the molecule is CC(NCc1ccc(-c2ccccc2)cc1)c1ccc(I)cc1I. The fourth-order valence-electron chi connectivity index (χ4n) is 2.68. The number of hydrogen-bond donors (Lipinski definition) is 1. The highest BCUT2D eigenvalue weighted by Gasteiger charge is 2.09. The zero-order valence-corrected chi connectivity index (χ0v) is 17.8. The van der Waals surface area contributed by atoms with Crippen molar-refractivity contribution < 1.29 is 0 Å². The molecule has 1 nitrogen and oxygen atoms in total. The van der Waals surface area contributed by atoms with Crippen LogP contribution < -0.4 is 5.32 Å². The maximum Gasteiger partial charge on any atom is 0.0305 e. The second-order valence-corrected chi connectivity index (χ2v) is 8.24. The minimum Gasteiger partial charge on any atom is -0.306 e. The molecule has 0 bridgehead atoms. The zero-order valence-electron chi connectivity index (χ0n) is 13.5. The lowest BCUT2D eigenvalue weighted by atomic mass is 10.0.